The van der Waals surface area contributed by atoms with Gasteiger partial charge in [-0.15, -0.1) is 0 Å². The summed E-state index contributed by atoms with van der Waals surface area (Å²) in [6.07, 6.45) is 1.80. The smallest absolute Gasteiger partial charge is 0.291 e. The second-order valence-electron chi connectivity index (χ2n) is 6.43. The molecule has 3 aromatic rings. The number of fused-ring (bicyclic) bond motifs is 1. The number of rotatable bonds is 5. The van der Waals surface area contributed by atoms with Crippen LogP contribution in [-0.4, -0.2) is 70.0 Å². The lowest BCUT2D eigenvalue weighted by molar-refractivity contribution is 0.0734. The van der Waals surface area contributed by atoms with Gasteiger partial charge >= 0.3 is 0 Å². The number of halogens is 2. The van der Waals surface area contributed by atoms with Crippen LogP contribution in [0.2, 0.25) is 0 Å². The van der Waals surface area contributed by atoms with E-state index in [2.05, 4.69) is 24.8 Å². The van der Waals surface area contributed by atoms with E-state index in [1.165, 1.54) is 6.33 Å². The minimum Gasteiger partial charge on any atom is -0.471 e. The Morgan fingerprint density at radius 2 is 1.83 bits per heavy atom. The fourth-order valence-corrected chi connectivity index (χ4v) is 3.19. The van der Waals surface area contributed by atoms with Crippen molar-refractivity contribution in [1.82, 2.24) is 24.8 Å². The van der Waals surface area contributed by atoms with E-state index in [0.29, 0.717) is 37.1 Å². The summed E-state index contributed by atoms with van der Waals surface area (Å²) in [6, 6.07) is 7.20. The van der Waals surface area contributed by atoms with E-state index >= 15 is 0 Å². The normalized spacial score (nSPS) is 14.4. The number of piperazine rings is 1. The Hall–Kier alpha value is -3.43. The summed E-state index contributed by atoms with van der Waals surface area (Å²) in [4.78, 5) is 32.5. The Morgan fingerprint density at radius 3 is 2.55 bits per heavy atom. The number of benzene rings is 1. The molecule has 0 aliphatic carbocycles. The third-order valence-electron chi connectivity index (χ3n) is 4.62. The van der Waals surface area contributed by atoms with Crippen LogP contribution in [0, 0.1) is 0 Å². The lowest BCUT2D eigenvalue weighted by Gasteiger charge is -2.35. The number of carbonyl (C=O) groups excluding carboxylic acids is 1. The minimum atomic E-state index is -2.58. The molecule has 1 fully saturated rings. The van der Waals surface area contributed by atoms with E-state index in [4.69, 9.17) is 4.74 Å². The first kappa shape index (κ1) is 18.9. The number of aromatic nitrogens is 4. The molecule has 1 amide bonds. The number of hydrogen-bond acceptors (Lipinski definition) is 7. The van der Waals surface area contributed by atoms with Crippen LogP contribution < -0.4 is 9.64 Å². The molecule has 1 aliphatic rings. The molecule has 0 radical (unpaired) electrons. The third-order valence-corrected chi connectivity index (χ3v) is 4.62. The van der Waals surface area contributed by atoms with Gasteiger partial charge in [-0.1, -0.05) is 0 Å². The predicted octanol–water partition coefficient (Wildman–Crippen LogP) is 2.03. The molecule has 0 unspecified atom stereocenters. The van der Waals surface area contributed by atoms with Gasteiger partial charge in [-0.3, -0.25) is 4.79 Å². The molecule has 0 atom stereocenters. The summed E-state index contributed by atoms with van der Waals surface area (Å²) >= 11 is 0. The van der Waals surface area contributed by atoms with Crippen molar-refractivity contribution in [3.8, 4) is 5.88 Å². The van der Waals surface area contributed by atoms with Gasteiger partial charge in [0.2, 0.25) is 11.7 Å². The highest BCUT2D eigenvalue weighted by Crippen LogP contribution is 2.27. The van der Waals surface area contributed by atoms with Crippen molar-refractivity contribution in [2.75, 3.05) is 37.7 Å². The summed E-state index contributed by atoms with van der Waals surface area (Å²) in [5, 5.41) is 0.571. The summed E-state index contributed by atoms with van der Waals surface area (Å²) in [5.74, 6) is 0.122. The van der Waals surface area contributed by atoms with Crippen LogP contribution in [0.15, 0.2) is 43.0 Å². The quantitative estimate of drug-likeness (QED) is 0.648. The van der Waals surface area contributed by atoms with Gasteiger partial charge < -0.3 is 14.5 Å². The maximum atomic E-state index is 12.5. The highest BCUT2D eigenvalue weighted by molar-refractivity contribution is 5.90. The van der Waals surface area contributed by atoms with E-state index in [-0.39, 0.29) is 17.6 Å². The van der Waals surface area contributed by atoms with Crippen LogP contribution in [0.3, 0.4) is 0 Å². The van der Waals surface area contributed by atoms with Crippen LogP contribution in [0.1, 0.15) is 10.6 Å². The van der Waals surface area contributed by atoms with E-state index < -0.39 is 13.0 Å². The molecule has 0 bridgehead atoms. The SMILES string of the molecule is O=C(c1ncccn1)N1CCN(c2ccc3ncnc(OCC(F)F)c3c2)CC1. The first-order valence-electron chi connectivity index (χ1n) is 9.09. The van der Waals surface area contributed by atoms with Gasteiger partial charge in [0.25, 0.3) is 12.3 Å². The van der Waals surface area contributed by atoms with Crippen molar-refractivity contribution < 1.29 is 18.3 Å². The number of carbonyl (C=O) groups is 1. The van der Waals surface area contributed by atoms with Crippen LogP contribution >= 0.6 is 0 Å². The first-order chi connectivity index (χ1) is 14.1. The number of amides is 1. The lowest BCUT2D eigenvalue weighted by Crippen LogP contribution is -2.49. The van der Waals surface area contributed by atoms with Crippen molar-refractivity contribution >= 4 is 22.5 Å². The van der Waals surface area contributed by atoms with Crippen LogP contribution in [-0.2, 0) is 0 Å². The van der Waals surface area contributed by atoms with Crippen molar-refractivity contribution in [3.63, 3.8) is 0 Å². The summed E-state index contributed by atoms with van der Waals surface area (Å²) in [6.45, 7) is 1.55. The molecule has 1 aromatic carbocycles. The zero-order valence-corrected chi connectivity index (χ0v) is 15.4. The lowest BCUT2D eigenvalue weighted by atomic mass is 10.2. The number of anilines is 1. The summed E-state index contributed by atoms with van der Waals surface area (Å²) < 4.78 is 30.1. The molecule has 3 heterocycles. The van der Waals surface area contributed by atoms with Crippen LogP contribution in [0.25, 0.3) is 10.9 Å². The average molecular weight is 400 g/mol. The van der Waals surface area contributed by atoms with E-state index in [9.17, 15) is 13.6 Å². The Morgan fingerprint density at radius 1 is 1.07 bits per heavy atom. The molecule has 150 valence electrons. The second-order valence-corrected chi connectivity index (χ2v) is 6.43. The zero-order chi connectivity index (χ0) is 20.2. The Labute approximate surface area is 165 Å². The van der Waals surface area contributed by atoms with Gasteiger partial charge in [-0.2, -0.15) is 0 Å². The van der Waals surface area contributed by atoms with Crippen molar-refractivity contribution in [2.24, 2.45) is 0 Å². The molecule has 4 rings (SSSR count). The topological polar surface area (TPSA) is 84.3 Å². The first-order valence-corrected chi connectivity index (χ1v) is 9.09. The van der Waals surface area contributed by atoms with Gasteiger partial charge in [-0.05, 0) is 24.3 Å². The molecule has 0 saturated carbocycles. The highest BCUT2D eigenvalue weighted by atomic mass is 19.3. The van der Waals surface area contributed by atoms with E-state index in [1.807, 2.05) is 12.1 Å². The van der Waals surface area contributed by atoms with Gasteiger partial charge in [0.15, 0.2) is 6.61 Å². The molecule has 0 spiro atoms. The number of hydrogen-bond donors (Lipinski definition) is 0. The standard InChI is InChI=1S/C19H18F2N6O2/c20-16(21)11-29-18-14-10-13(2-3-15(14)24-12-25-18)26-6-8-27(9-7-26)19(28)17-22-4-1-5-23-17/h1-5,10,12,16H,6-9,11H2. The number of nitrogens with zero attached hydrogens (tertiary/aromatic N) is 6. The highest BCUT2D eigenvalue weighted by Gasteiger charge is 2.24. The third kappa shape index (κ3) is 4.20. The molecule has 1 aliphatic heterocycles. The van der Waals surface area contributed by atoms with Crippen molar-refractivity contribution in [2.45, 2.75) is 6.43 Å². The molecule has 2 aromatic heterocycles. The fraction of sp³-hybridized carbons (Fsp3) is 0.316. The van der Waals surface area contributed by atoms with Gasteiger partial charge in [-0.25, -0.2) is 28.7 Å². The molecular weight excluding hydrogens is 382 g/mol. The summed E-state index contributed by atoms with van der Waals surface area (Å²) in [5.41, 5.74) is 1.50. The predicted molar refractivity (Wildman–Crippen MR) is 101 cm³/mol. The van der Waals surface area contributed by atoms with E-state index in [0.717, 1.165) is 5.69 Å². The second kappa shape index (κ2) is 8.29. The minimum absolute atomic E-state index is 0.132. The molecule has 8 nitrogen and oxygen atoms in total. The maximum Gasteiger partial charge on any atom is 0.291 e. The number of ether oxygens (including phenoxy) is 1. The largest absolute Gasteiger partial charge is 0.471 e. The number of alkyl halides is 2. The van der Waals surface area contributed by atoms with Crippen LogP contribution in [0.5, 0.6) is 5.88 Å². The zero-order valence-electron chi connectivity index (χ0n) is 15.4. The Bertz CT molecular complexity index is 996. The molecular formula is C19H18F2N6O2. The monoisotopic (exact) mass is 400 g/mol. The summed E-state index contributed by atoms with van der Waals surface area (Å²) in [7, 11) is 0. The van der Waals surface area contributed by atoms with Crippen LogP contribution in [0.4, 0.5) is 14.5 Å². The fourth-order valence-electron chi connectivity index (χ4n) is 3.19. The molecule has 0 N–H and O–H groups in total. The Balaban J connectivity index is 1.48. The molecule has 1 saturated heterocycles. The van der Waals surface area contributed by atoms with E-state index in [1.54, 1.807) is 29.4 Å². The Kier molecular flexibility index (Phi) is 5.41. The van der Waals surface area contributed by atoms with Gasteiger partial charge in [0.1, 0.15) is 6.33 Å². The molecule has 29 heavy (non-hydrogen) atoms. The van der Waals surface area contributed by atoms with Crippen molar-refractivity contribution in [1.29, 1.82) is 0 Å². The maximum absolute atomic E-state index is 12.5. The van der Waals surface area contributed by atoms with Crippen molar-refractivity contribution in [3.05, 3.63) is 48.8 Å². The molecule has 10 heteroatoms. The van der Waals surface area contributed by atoms with Gasteiger partial charge in [0.05, 0.1) is 10.9 Å². The van der Waals surface area contributed by atoms with Gasteiger partial charge in [0, 0.05) is 44.3 Å². The average Bonchev–Trinajstić information content (AvgIpc) is 2.77.